The van der Waals surface area contributed by atoms with Gasteiger partial charge in [-0.25, -0.2) is 0 Å². The summed E-state index contributed by atoms with van der Waals surface area (Å²) < 4.78 is 10.5. The number of hydrogen-bond acceptors (Lipinski definition) is 3. The first-order valence-electron chi connectivity index (χ1n) is 6.72. The lowest BCUT2D eigenvalue weighted by Crippen LogP contribution is -2.50. The Hall–Kier alpha value is -0.765. The van der Waals surface area contributed by atoms with Gasteiger partial charge >= 0.3 is 0 Å². The summed E-state index contributed by atoms with van der Waals surface area (Å²) in [5, 5.41) is 1.97. The maximum absolute atomic E-state index is 6.10. The van der Waals surface area contributed by atoms with Crippen LogP contribution >= 0.6 is 0 Å². The lowest BCUT2D eigenvalue weighted by atomic mass is 9.63. The van der Waals surface area contributed by atoms with Crippen molar-refractivity contribution in [1.29, 1.82) is 0 Å². The van der Waals surface area contributed by atoms with Gasteiger partial charge in [-0.3, -0.25) is 0 Å². The lowest BCUT2D eigenvalue weighted by molar-refractivity contribution is 0.0844. The van der Waals surface area contributed by atoms with Gasteiger partial charge in [-0.2, -0.15) is 0 Å². The molecule has 1 heterocycles. The average molecular weight is 276 g/mol. The maximum Gasteiger partial charge on any atom is 0.175 e. The molecule has 1 aromatic carbocycles. The highest BCUT2D eigenvalue weighted by molar-refractivity contribution is 6.53. The molecule has 0 unspecified atom stereocenters. The Balaban J connectivity index is 2.37. The van der Waals surface area contributed by atoms with E-state index >= 15 is 0 Å². The van der Waals surface area contributed by atoms with Crippen LogP contribution in [0, 0.1) is 0 Å². The topological polar surface area (TPSA) is 30.5 Å². The molecule has 10 heteroatoms. The van der Waals surface area contributed by atoms with Crippen LogP contribution in [0.1, 0.15) is 19.4 Å². The zero-order valence-corrected chi connectivity index (χ0v) is 12.6. The lowest BCUT2D eigenvalue weighted by Gasteiger charge is -2.28. The second-order valence-electron chi connectivity index (χ2n) is 5.84. The molecule has 22 heavy (non-hydrogen) atoms. The van der Waals surface area contributed by atoms with Crippen LogP contribution in [0.25, 0.3) is 0 Å². The largest absolute Gasteiger partial charge is 0.469 e. The first-order valence-corrected chi connectivity index (χ1v) is 6.72. The average Bonchev–Trinajstić information content (AvgIpc) is 2.66. The summed E-state index contributed by atoms with van der Waals surface area (Å²) in [4.78, 5) is 0. The third kappa shape index (κ3) is 3.59. The van der Waals surface area contributed by atoms with Crippen LogP contribution in [0.3, 0.4) is 0 Å². The van der Waals surface area contributed by atoms with Crippen LogP contribution in [0.15, 0.2) is 0 Å². The Morgan fingerprint density at radius 1 is 1.05 bits per heavy atom. The van der Waals surface area contributed by atoms with Crippen molar-refractivity contribution in [2.75, 3.05) is 0 Å². The van der Waals surface area contributed by atoms with Crippen molar-refractivity contribution in [3.63, 3.8) is 0 Å². The van der Waals surface area contributed by atoms with Crippen LogP contribution in [0.2, 0.25) is 0 Å². The molecular weight excluding hydrogens is 266 g/mol. The molecule has 3 nitrogen and oxygen atoms in total. The Bertz CT molecular complexity index is 600. The number of rotatable bonds is 4. The van der Waals surface area contributed by atoms with Crippen molar-refractivity contribution in [3.05, 3.63) is 5.56 Å². The van der Waals surface area contributed by atoms with Crippen LogP contribution in [0.4, 0.5) is 0 Å². The van der Waals surface area contributed by atoms with E-state index in [-0.39, 0.29) is 33.9 Å². The van der Waals surface area contributed by atoms with Gasteiger partial charge in [-0.1, -0.05) is 28.8 Å². The van der Waals surface area contributed by atoms with Gasteiger partial charge < -0.3 is 14.8 Å². The van der Waals surface area contributed by atoms with Crippen molar-refractivity contribution in [3.8, 4) is 11.5 Å². The fraction of sp³-hybridized carbons (Fsp3) is 0.500. The van der Waals surface area contributed by atoms with Gasteiger partial charge in [0.1, 0.15) is 23.5 Å². The summed E-state index contributed by atoms with van der Waals surface area (Å²) in [5.74, 6) is 0.328. The van der Waals surface area contributed by atoms with E-state index < -0.39 is 10.9 Å². The molecule has 0 aliphatic carbocycles. The highest BCUT2D eigenvalue weighted by Crippen LogP contribution is 2.33. The molecule has 1 aromatic rings. The van der Waals surface area contributed by atoms with E-state index in [9.17, 15) is 0 Å². The molecule has 0 saturated carbocycles. The number of fused-ring (bicyclic) bond motifs is 1. The van der Waals surface area contributed by atoms with E-state index in [1.165, 1.54) is 0 Å². The van der Waals surface area contributed by atoms with Gasteiger partial charge in [0, 0.05) is 6.04 Å². The van der Waals surface area contributed by atoms with Crippen molar-refractivity contribution < 1.29 is 9.47 Å². The quantitative estimate of drug-likeness (QED) is 0.575. The van der Waals surface area contributed by atoms with Gasteiger partial charge in [-0.15, -0.1) is 0 Å². The molecule has 1 N–H and O–H groups in total. The molecule has 0 amide bonds. The number of nitrogens with one attached hydrogen (secondary N) is 1. The summed E-state index contributed by atoms with van der Waals surface area (Å²) in [5.41, 5.74) is -0.521. The zero-order chi connectivity index (χ0) is 16.9. The molecule has 1 aliphatic heterocycles. The van der Waals surface area contributed by atoms with Gasteiger partial charge in [-0.05, 0) is 18.8 Å². The predicted molar refractivity (Wildman–Crippen MR) is 94.3 cm³/mol. The monoisotopic (exact) mass is 277 g/mol. The van der Waals surface area contributed by atoms with Gasteiger partial charge in [0.2, 0.25) is 0 Å². The van der Waals surface area contributed by atoms with E-state index in [0.717, 1.165) is 0 Å². The second-order valence-corrected chi connectivity index (χ2v) is 5.84. The molecule has 0 fully saturated rings. The van der Waals surface area contributed by atoms with Crippen molar-refractivity contribution in [2.24, 2.45) is 0 Å². The van der Waals surface area contributed by atoms with Crippen LogP contribution in [-0.4, -0.2) is 71.9 Å². The normalized spacial score (nSPS) is 17.4. The minimum absolute atomic E-state index is 0.120. The van der Waals surface area contributed by atoms with E-state index in [1.54, 1.807) is 6.92 Å². The molecule has 0 aromatic heterocycles. The van der Waals surface area contributed by atoms with Crippen LogP contribution < -0.4 is 31.2 Å². The van der Waals surface area contributed by atoms with Crippen molar-refractivity contribution in [2.45, 2.75) is 37.2 Å². The van der Waals surface area contributed by atoms with Crippen LogP contribution in [-0.2, 0) is 6.42 Å². The molecule has 0 saturated heterocycles. The Morgan fingerprint density at radius 2 is 1.55 bits per heavy atom. The highest BCUT2D eigenvalue weighted by Gasteiger charge is 2.34. The number of ether oxygens (including phenoxy) is 2. The summed E-state index contributed by atoms with van der Waals surface area (Å²) in [6.45, 7) is 3.52. The standard InChI is InChI=1S/C12H10B7NO2/c1-4(20-11(2,16)17)3-5-6(13)8(15)10-9(7(5)14)21-12(18,19)22-10/h4,20H,3H2,1-2H3/t4-/m1/s1. The minimum atomic E-state index is -1.83. The smallest absolute Gasteiger partial charge is 0.175 e. The molecule has 0 spiro atoms. The zero-order valence-electron chi connectivity index (χ0n) is 12.6. The Labute approximate surface area is 140 Å². The minimum Gasteiger partial charge on any atom is -0.469 e. The highest BCUT2D eigenvalue weighted by atomic mass is 16.7. The summed E-state index contributed by atoms with van der Waals surface area (Å²) in [6.07, 6.45) is 0.421. The molecule has 1 aliphatic rings. The SMILES string of the molecule is [B]c1c([B])c2c(c([B])c1C[C@@H](C)NC([B])([B])C)OC([B])([B])O2. The predicted octanol–water partition coefficient (Wildman–Crippen LogP) is -3.68. The van der Waals surface area contributed by atoms with Crippen molar-refractivity contribution >= 4 is 71.3 Å². The summed E-state index contributed by atoms with van der Waals surface area (Å²) in [6, 6.07) is -0.120. The van der Waals surface area contributed by atoms with Crippen molar-refractivity contribution in [1.82, 2.24) is 5.32 Å². The van der Waals surface area contributed by atoms with E-state index in [2.05, 4.69) is 5.32 Å². The van der Waals surface area contributed by atoms with Gasteiger partial charge in [0.05, 0.1) is 15.7 Å². The summed E-state index contributed by atoms with van der Waals surface area (Å²) >= 11 is 0. The molecule has 2 rings (SSSR count). The number of hydrogen-bond donors (Lipinski definition) is 1. The van der Waals surface area contributed by atoms with E-state index in [0.29, 0.717) is 12.0 Å². The first kappa shape index (κ1) is 17.6. The van der Waals surface area contributed by atoms with Gasteiger partial charge in [0.25, 0.3) is 0 Å². The molecular formula is C12H10B7NO2. The number of benzene rings is 1. The Morgan fingerprint density at radius 3 is 2.05 bits per heavy atom. The molecule has 0 bridgehead atoms. The first-order chi connectivity index (χ1) is 9.91. The Kier molecular flexibility index (Phi) is 4.56. The molecule has 14 radical (unpaired) electrons. The fourth-order valence-electron chi connectivity index (χ4n) is 2.46. The fourth-order valence-corrected chi connectivity index (χ4v) is 2.46. The van der Waals surface area contributed by atoms with Gasteiger partial charge in [0.15, 0.2) is 32.8 Å². The van der Waals surface area contributed by atoms with E-state index in [1.807, 2.05) is 6.92 Å². The molecule has 1 atom stereocenters. The maximum atomic E-state index is 6.10. The van der Waals surface area contributed by atoms with Crippen LogP contribution in [0.5, 0.6) is 11.5 Å². The third-order valence-electron chi connectivity index (χ3n) is 3.23. The molecule has 96 valence electrons. The second kappa shape index (κ2) is 5.70. The van der Waals surface area contributed by atoms with E-state index in [4.69, 9.17) is 64.4 Å². The third-order valence-corrected chi connectivity index (χ3v) is 3.23. The summed E-state index contributed by atoms with van der Waals surface area (Å²) in [7, 11) is 40.7.